The molecule has 2 nitrogen and oxygen atoms in total. The molecule has 0 aliphatic heterocycles. The van der Waals surface area contributed by atoms with E-state index < -0.39 is 0 Å². The molecule has 5 aromatic rings. The van der Waals surface area contributed by atoms with E-state index in [0.717, 1.165) is 0 Å². The summed E-state index contributed by atoms with van der Waals surface area (Å²) in [5, 5.41) is 0. The van der Waals surface area contributed by atoms with Gasteiger partial charge in [0, 0.05) is 0 Å². The van der Waals surface area contributed by atoms with Gasteiger partial charge >= 0.3 is 239 Å². The van der Waals surface area contributed by atoms with Crippen molar-refractivity contribution < 1.29 is 16.2 Å². The third-order valence-corrected chi connectivity index (χ3v) is 9.91. The first-order chi connectivity index (χ1) is 18.8. The molecule has 0 N–H and O–H groups in total. The molecule has 212 valence electrons. The van der Waals surface area contributed by atoms with Crippen molar-refractivity contribution in [2.24, 2.45) is 0 Å². The Kier molecular flexibility index (Phi) is 9.34. The molecule has 0 spiro atoms. The van der Waals surface area contributed by atoms with Crippen LogP contribution < -0.4 is 0 Å². The summed E-state index contributed by atoms with van der Waals surface area (Å²) in [5.41, 5.74) is 15.8. The first-order valence-electron chi connectivity index (χ1n) is 13.5. The van der Waals surface area contributed by atoms with Crippen LogP contribution in [0.25, 0.3) is 16.9 Å². The molecular weight excluding hydrogens is 632 g/mol. The number of hydrogen-bond acceptors (Lipinski definition) is 0. The second kappa shape index (κ2) is 12.4. The number of nitrogens with zero attached hydrogens (tertiary/aromatic N) is 2. The summed E-state index contributed by atoms with van der Waals surface area (Å²) in [4.78, 5) is 0. The molecule has 0 bridgehead atoms. The molecule has 41 heavy (non-hydrogen) atoms. The Balaban J connectivity index is 0.00000194. The van der Waals surface area contributed by atoms with Crippen molar-refractivity contribution in [2.45, 2.75) is 41.5 Å². The molecule has 1 aliphatic carbocycles. The van der Waals surface area contributed by atoms with Gasteiger partial charge in [0.15, 0.2) is 0 Å². The topological polar surface area (TPSA) is 9.86 Å². The van der Waals surface area contributed by atoms with E-state index in [1.165, 1.54) is 75.1 Å². The zero-order valence-electron chi connectivity index (χ0n) is 24.3. The Bertz CT molecular complexity index is 1780. The minimum absolute atomic E-state index is 0. The number of aryl methyl sites for hydroxylation is 6. The summed E-state index contributed by atoms with van der Waals surface area (Å²) < 4.78 is 7.72. The van der Waals surface area contributed by atoms with Gasteiger partial charge in [-0.1, -0.05) is 0 Å². The van der Waals surface area contributed by atoms with Crippen LogP contribution in [-0.4, -0.2) is 13.2 Å². The monoisotopic (exact) mass is 668 g/mol. The molecular formula is C36H36Cl2N2Ru. The van der Waals surface area contributed by atoms with Gasteiger partial charge in [-0.2, -0.15) is 0 Å². The SMILES string of the molecule is Cc1cc(C)c(-n2ccn(-c3c(C)cc(C)cc3C)[c]2=[Ru]=[C]2C=C(c3ccccc3)c3ccccc32)c(C)c1.Cl.Cl. The molecule has 5 heteroatoms. The van der Waals surface area contributed by atoms with E-state index in [1.54, 1.807) is 0 Å². The van der Waals surface area contributed by atoms with Crippen molar-refractivity contribution in [1.29, 1.82) is 0 Å². The molecule has 0 unspecified atom stereocenters. The molecule has 1 heterocycles. The number of halogens is 2. The van der Waals surface area contributed by atoms with E-state index in [4.69, 9.17) is 0 Å². The molecule has 0 radical (unpaired) electrons. The third-order valence-electron chi connectivity index (χ3n) is 7.50. The second-order valence-corrected chi connectivity index (χ2v) is 12.8. The van der Waals surface area contributed by atoms with Gasteiger partial charge in [0.05, 0.1) is 0 Å². The van der Waals surface area contributed by atoms with Crippen LogP contribution in [0.4, 0.5) is 0 Å². The quantitative estimate of drug-likeness (QED) is 0.170. The van der Waals surface area contributed by atoms with Crippen LogP contribution in [0.5, 0.6) is 0 Å². The van der Waals surface area contributed by atoms with Gasteiger partial charge in [-0.25, -0.2) is 0 Å². The Morgan fingerprint density at radius 3 is 1.46 bits per heavy atom. The molecule has 0 atom stereocenters. The number of fused-ring (bicyclic) bond motifs is 1. The largest absolute Gasteiger partial charge is 0.147 e. The second-order valence-electron chi connectivity index (χ2n) is 10.7. The number of allylic oxidation sites excluding steroid dienone is 1. The van der Waals surface area contributed by atoms with Gasteiger partial charge in [-0.15, -0.1) is 24.8 Å². The van der Waals surface area contributed by atoms with Gasteiger partial charge in [-0.3, -0.25) is 0 Å². The summed E-state index contributed by atoms with van der Waals surface area (Å²) in [6, 6.07) is 28.9. The molecule has 0 amide bonds. The van der Waals surface area contributed by atoms with Crippen molar-refractivity contribution in [2.75, 3.05) is 0 Å². The van der Waals surface area contributed by atoms with Gasteiger partial charge in [-0.05, 0) is 0 Å². The first kappa shape index (κ1) is 30.9. The van der Waals surface area contributed by atoms with Gasteiger partial charge in [0.1, 0.15) is 0 Å². The standard InChI is InChI=1S/C21H24N2.C15H10.2ClH.Ru/c1-14-9-16(3)20(17(4)10-14)22-7-8-23(13-22)21-18(5)11-15(2)12-19(21)6;1-2-6-12(7-3-1)15-11-10-13-8-4-5-9-14(13)15;;;/h7-12H,1-6H3;1-9,11H;2*1H;. The Morgan fingerprint density at radius 2 is 0.976 bits per heavy atom. The van der Waals surface area contributed by atoms with E-state index in [2.05, 4.69) is 148 Å². The van der Waals surface area contributed by atoms with E-state index >= 15 is 0 Å². The van der Waals surface area contributed by atoms with Crippen molar-refractivity contribution in [1.82, 2.24) is 9.13 Å². The molecule has 0 saturated carbocycles. The van der Waals surface area contributed by atoms with Crippen LogP contribution in [0, 0.1) is 45.6 Å². The van der Waals surface area contributed by atoms with E-state index in [0.29, 0.717) is 0 Å². The van der Waals surface area contributed by atoms with E-state index in [1.807, 2.05) is 0 Å². The Labute approximate surface area is 262 Å². The van der Waals surface area contributed by atoms with Crippen molar-refractivity contribution >= 4 is 34.5 Å². The predicted octanol–water partition coefficient (Wildman–Crippen LogP) is 9.24. The van der Waals surface area contributed by atoms with Gasteiger partial charge in [0.2, 0.25) is 0 Å². The predicted molar refractivity (Wildman–Crippen MR) is 175 cm³/mol. The molecule has 0 fully saturated rings. The molecule has 1 aliphatic rings. The number of hydrogen-bond donors (Lipinski definition) is 0. The van der Waals surface area contributed by atoms with Crippen molar-refractivity contribution in [3.63, 3.8) is 0 Å². The van der Waals surface area contributed by atoms with Crippen LogP contribution in [0.15, 0.2) is 97.3 Å². The Hall–Kier alpha value is -3.10. The maximum absolute atomic E-state index is 2.46. The van der Waals surface area contributed by atoms with E-state index in [-0.39, 0.29) is 41.0 Å². The summed E-state index contributed by atoms with van der Waals surface area (Å²) >= 11 is -0.295. The maximum atomic E-state index is 2.46. The number of aromatic nitrogens is 2. The van der Waals surface area contributed by atoms with Crippen LogP contribution >= 0.6 is 24.8 Å². The van der Waals surface area contributed by atoms with E-state index in [9.17, 15) is 0 Å². The first-order valence-corrected chi connectivity index (χ1v) is 15.2. The maximum Gasteiger partial charge on any atom is -0.147 e. The smallest absolute Gasteiger partial charge is 0.147 e. The van der Waals surface area contributed by atoms with Crippen LogP contribution in [0.1, 0.15) is 50.1 Å². The van der Waals surface area contributed by atoms with Gasteiger partial charge < -0.3 is 0 Å². The van der Waals surface area contributed by atoms with Gasteiger partial charge in [0.25, 0.3) is 0 Å². The fourth-order valence-corrected chi connectivity index (χ4v) is 8.58. The van der Waals surface area contributed by atoms with Crippen LogP contribution in [0.3, 0.4) is 0 Å². The third kappa shape index (κ3) is 5.69. The van der Waals surface area contributed by atoms with Crippen molar-refractivity contribution in [3.05, 3.63) is 151 Å². The minimum atomic E-state index is -0.295. The molecule has 4 aromatic carbocycles. The minimum Gasteiger partial charge on any atom is -0.147 e. The van der Waals surface area contributed by atoms with Crippen molar-refractivity contribution in [3.8, 4) is 11.4 Å². The number of rotatable bonds is 3. The molecule has 6 rings (SSSR count). The average molecular weight is 669 g/mol. The zero-order chi connectivity index (χ0) is 27.3. The summed E-state index contributed by atoms with van der Waals surface area (Å²) in [6.45, 7) is 13.3. The van der Waals surface area contributed by atoms with Crippen LogP contribution in [-0.2, 0) is 16.2 Å². The summed E-state index contributed by atoms with van der Waals surface area (Å²) in [5.74, 6) is 0. The zero-order valence-corrected chi connectivity index (χ0v) is 27.7. The summed E-state index contributed by atoms with van der Waals surface area (Å²) in [6.07, 6.45) is 7.00. The fraction of sp³-hybridized carbons (Fsp3) is 0.167. The normalized spacial score (nSPS) is 12.0. The molecule has 1 aromatic heterocycles. The number of imidazole rings is 1. The molecule has 0 saturated heterocycles. The number of benzene rings is 4. The fourth-order valence-electron chi connectivity index (χ4n) is 6.10. The Morgan fingerprint density at radius 1 is 0.537 bits per heavy atom. The van der Waals surface area contributed by atoms with Crippen LogP contribution in [0.2, 0.25) is 0 Å². The average Bonchev–Trinajstić information content (AvgIpc) is 3.46. The summed E-state index contributed by atoms with van der Waals surface area (Å²) in [7, 11) is 0.